The molecule has 0 radical (unpaired) electrons. The van der Waals surface area contributed by atoms with E-state index >= 15 is 0 Å². The van der Waals surface area contributed by atoms with E-state index in [4.69, 9.17) is 0 Å². The maximum atomic E-state index is 13.6. The lowest BCUT2D eigenvalue weighted by Crippen LogP contribution is -2.22. The molecule has 0 N–H and O–H groups in total. The highest BCUT2D eigenvalue weighted by atomic mass is 19.1. The van der Waals surface area contributed by atoms with Crippen LogP contribution in [0.4, 0.5) is 4.39 Å². The van der Waals surface area contributed by atoms with Gasteiger partial charge in [-0.2, -0.15) is 0 Å². The molecule has 0 spiro atoms. The molecule has 0 bridgehead atoms. The Morgan fingerprint density at radius 2 is 1.83 bits per heavy atom. The highest BCUT2D eigenvalue weighted by Gasteiger charge is 2.12. The van der Waals surface area contributed by atoms with E-state index < -0.39 is 0 Å². The fourth-order valence-electron chi connectivity index (χ4n) is 2.84. The summed E-state index contributed by atoms with van der Waals surface area (Å²) in [7, 11) is 0. The normalized spacial score (nSPS) is 16.5. The molecular weight excluding hydrogens is 225 g/mol. The smallest absolute Gasteiger partial charge is 0.124 e. The number of likely N-dealkylation sites (tertiary alicyclic amines) is 1. The van der Waals surface area contributed by atoms with Gasteiger partial charge < -0.3 is 4.90 Å². The molecule has 0 saturated carbocycles. The van der Waals surface area contributed by atoms with E-state index in [1.165, 1.54) is 31.3 Å². The zero-order valence-corrected chi connectivity index (χ0v) is 10.5. The summed E-state index contributed by atoms with van der Waals surface area (Å²) >= 11 is 0. The van der Waals surface area contributed by atoms with Crippen LogP contribution in [0.15, 0.2) is 36.4 Å². The van der Waals surface area contributed by atoms with Gasteiger partial charge >= 0.3 is 0 Å². The van der Waals surface area contributed by atoms with Crippen LogP contribution in [0.5, 0.6) is 0 Å². The number of hydrogen-bond acceptors (Lipinski definition) is 1. The molecule has 1 saturated heterocycles. The average Bonchev–Trinajstić information content (AvgIpc) is 2.89. The van der Waals surface area contributed by atoms with Crippen molar-refractivity contribution in [3.63, 3.8) is 0 Å². The Labute approximate surface area is 107 Å². The Kier molecular flexibility index (Phi) is 3.28. The van der Waals surface area contributed by atoms with Crippen molar-refractivity contribution in [2.45, 2.75) is 19.3 Å². The first kappa shape index (κ1) is 11.7. The number of fused-ring (bicyclic) bond motifs is 1. The molecule has 1 aliphatic rings. The second kappa shape index (κ2) is 5.07. The molecular formula is C16H18FN. The van der Waals surface area contributed by atoms with E-state index in [0.29, 0.717) is 0 Å². The summed E-state index contributed by atoms with van der Waals surface area (Å²) in [4.78, 5) is 2.47. The Morgan fingerprint density at radius 3 is 2.67 bits per heavy atom. The van der Waals surface area contributed by atoms with Crippen LogP contribution in [0.1, 0.15) is 18.4 Å². The van der Waals surface area contributed by atoms with Crippen molar-refractivity contribution in [1.82, 2.24) is 4.90 Å². The van der Waals surface area contributed by atoms with Gasteiger partial charge in [0.25, 0.3) is 0 Å². The van der Waals surface area contributed by atoms with Crippen molar-refractivity contribution in [1.29, 1.82) is 0 Å². The minimum absolute atomic E-state index is 0.120. The lowest BCUT2D eigenvalue weighted by atomic mass is 10.0. The van der Waals surface area contributed by atoms with E-state index in [1.54, 1.807) is 12.1 Å². The monoisotopic (exact) mass is 243 g/mol. The molecule has 0 unspecified atom stereocenters. The molecule has 0 aromatic heterocycles. The number of nitrogens with zero attached hydrogens (tertiary/aromatic N) is 1. The van der Waals surface area contributed by atoms with Crippen molar-refractivity contribution in [2.75, 3.05) is 19.6 Å². The van der Waals surface area contributed by atoms with E-state index in [-0.39, 0.29) is 5.82 Å². The topological polar surface area (TPSA) is 3.24 Å². The fourth-order valence-corrected chi connectivity index (χ4v) is 2.84. The van der Waals surface area contributed by atoms with Gasteiger partial charge in [0, 0.05) is 6.54 Å². The van der Waals surface area contributed by atoms with Gasteiger partial charge in [-0.1, -0.05) is 24.3 Å². The molecule has 2 aromatic carbocycles. The lowest BCUT2D eigenvalue weighted by molar-refractivity contribution is 0.344. The van der Waals surface area contributed by atoms with Crippen LogP contribution in [-0.4, -0.2) is 24.5 Å². The minimum Gasteiger partial charge on any atom is -0.303 e. The maximum Gasteiger partial charge on any atom is 0.124 e. The van der Waals surface area contributed by atoms with Gasteiger partial charge in [0.05, 0.1) is 0 Å². The van der Waals surface area contributed by atoms with E-state index in [9.17, 15) is 4.39 Å². The molecule has 1 aliphatic heterocycles. The number of rotatable bonds is 3. The predicted octanol–water partition coefficient (Wildman–Crippen LogP) is 3.62. The Morgan fingerprint density at radius 1 is 1.06 bits per heavy atom. The van der Waals surface area contributed by atoms with Gasteiger partial charge in [-0.05, 0) is 60.8 Å². The molecule has 1 heterocycles. The van der Waals surface area contributed by atoms with Crippen LogP contribution in [0.3, 0.4) is 0 Å². The van der Waals surface area contributed by atoms with Gasteiger partial charge in [0.2, 0.25) is 0 Å². The Bertz CT molecular complexity index is 544. The van der Waals surface area contributed by atoms with Gasteiger partial charge in [-0.25, -0.2) is 4.39 Å². The van der Waals surface area contributed by atoms with Crippen LogP contribution in [-0.2, 0) is 6.42 Å². The summed E-state index contributed by atoms with van der Waals surface area (Å²) in [5, 5.41) is 2.20. The number of hydrogen-bond donors (Lipinski definition) is 0. The van der Waals surface area contributed by atoms with E-state index in [1.807, 2.05) is 18.2 Å². The Hall–Kier alpha value is -1.41. The molecule has 0 aliphatic carbocycles. The molecule has 1 fully saturated rings. The van der Waals surface area contributed by atoms with Gasteiger partial charge in [-0.3, -0.25) is 0 Å². The molecule has 0 amide bonds. The van der Waals surface area contributed by atoms with Crippen LogP contribution < -0.4 is 0 Å². The summed E-state index contributed by atoms with van der Waals surface area (Å²) in [6, 6.07) is 11.4. The average molecular weight is 243 g/mol. The van der Waals surface area contributed by atoms with E-state index in [0.717, 1.165) is 23.9 Å². The standard InChI is InChI=1S/C16H18FN/c17-15-11-13-5-1-2-6-16(13)14(12-15)7-10-18-8-3-4-9-18/h1-2,5-6,11-12H,3-4,7-10H2. The van der Waals surface area contributed by atoms with Crippen LogP contribution >= 0.6 is 0 Å². The second-order valence-corrected chi connectivity index (χ2v) is 5.08. The number of halogens is 1. The molecule has 2 heteroatoms. The van der Waals surface area contributed by atoms with Crippen LogP contribution in [0.25, 0.3) is 10.8 Å². The summed E-state index contributed by atoms with van der Waals surface area (Å²) in [6.07, 6.45) is 3.56. The summed E-state index contributed by atoms with van der Waals surface area (Å²) in [6.45, 7) is 3.45. The van der Waals surface area contributed by atoms with Crippen molar-refractivity contribution in [3.8, 4) is 0 Å². The highest BCUT2D eigenvalue weighted by molar-refractivity contribution is 5.85. The molecule has 18 heavy (non-hydrogen) atoms. The van der Waals surface area contributed by atoms with Crippen molar-refractivity contribution >= 4 is 10.8 Å². The largest absolute Gasteiger partial charge is 0.303 e. The third-order valence-electron chi connectivity index (χ3n) is 3.81. The summed E-state index contributed by atoms with van der Waals surface area (Å²) in [5.74, 6) is -0.120. The maximum absolute atomic E-state index is 13.6. The fraction of sp³-hybridized carbons (Fsp3) is 0.375. The van der Waals surface area contributed by atoms with Gasteiger partial charge in [-0.15, -0.1) is 0 Å². The van der Waals surface area contributed by atoms with Crippen LogP contribution in [0, 0.1) is 5.82 Å². The zero-order chi connectivity index (χ0) is 12.4. The number of benzene rings is 2. The van der Waals surface area contributed by atoms with Crippen LogP contribution in [0.2, 0.25) is 0 Å². The quantitative estimate of drug-likeness (QED) is 0.796. The van der Waals surface area contributed by atoms with Crippen molar-refractivity contribution in [2.24, 2.45) is 0 Å². The van der Waals surface area contributed by atoms with Gasteiger partial charge in [0.1, 0.15) is 5.82 Å². The lowest BCUT2D eigenvalue weighted by Gasteiger charge is -2.15. The SMILES string of the molecule is Fc1cc(CCN2CCCC2)c2ccccc2c1. The molecule has 1 nitrogen and oxygen atoms in total. The van der Waals surface area contributed by atoms with Crippen molar-refractivity contribution in [3.05, 3.63) is 47.8 Å². The first-order chi connectivity index (χ1) is 8.83. The van der Waals surface area contributed by atoms with Gasteiger partial charge in [0.15, 0.2) is 0 Å². The summed E-state index contributed by atoms with van der Waals surface area (Å²) in [5.41, 5.74) is 1.14. The molecule has 0 atom stereocenters. The summed E-state index contributed by atoms with van der Waals surface area (Å²) < 4.78 is 13.6. The third-order valence-corrected chi connectivity index (χ3v) is 3.81. The minimum atomic E-state index is -0.120. The molecule has 2 aromatic rings. The van der Waals surface area contributed by atoms with E-state index in [2.05, 4.69) is 11.0 Å². The first-order valence-electron chi connectivity index (χ1n) is 6.72. The predicted molar refractivity (Wildman–Crippen MR) is 73.3 cm³/mol. The zero-order valence-electron chi connectivity index (χ0n) is 10.5. The van der Waals surface area contributed by atoms with Crippen molar-refractivity contribution < 1.29 is 4.39 Å². The molecule has 3 rings (SSSR count). The molecule has 94 valence electrons. The second-order valence-electron chi connectivity index (χ2n) is 5.08. The highest BCUT2D eigenvalue weighted by Crippen LogP contribution is 2.21. The third kappa shape index (κ3) is 2.39. The Balaban J connectivity index is 1.85. The first-order valence-corrected chi connectivity index (χ1v) is 6.72.